The van der Waals surface area contributed by atoms with Gasteiger partial charge in [0.1, 0.15) is 23.6 Å². The highest BCUT2D eigenvalue weighted by molar-refractivity contribution is 5.58. The molecule has 0 amide bonds. The lowest BCUT2D eigenvalue weighted by Crippen LogP contribution is -2.14. The summed E-state index contributed by atoms with van der Waals surface area (Å²) >= 11 is 0. The van der Waals surface area contributed by atoms with Crippen LogP contribution in [0.5, 0.6) is 5.75 Å². The van der Waals surface area contributed by atoms with E-state index in [0.29, 0.717) is 29.9 Å². The number of nitrogens with zero attached hydrogens (tertiary/aromatic N) is 5. The maximum atomic E-state index is 9.38. The summed E-state index contributed by atoms with van der Waals surface area (Å²) in [6, 6.07) is 3.25. The zero-order valence-corrected chi connectivity index (χ0v) is 19.5. The Morgan fingerprint density at radius 2 is 1.74 bits per heavy atom. The third-order valence-corrected chi connectivity index (χ3v) is 5.95. The van der Waals surface area contributed by atoms with E-state index in [4.69, 9.17) is 14.4 Å². The first kappa shape index (κ1) is 25.1. The molecule has 3 heterocycles. The lowest BCUT2D eigenvalue weighted by atomic mass is 9.85. The minimum atomic E-state index is -0.250. The molecule has 0 atom stereocenters. The fourth-order valence-corrected chi connectivity index (χ4v) is 3.80. The number of aryl methyl sites for hydroxylation is 1. The van der Waals surface area contributed by atoms with Gasteiger partial charge in [0.25, 0.3) is 6.47 Å². The highest BCUT2D eigenvalue weighted by atomic mass is 16.5. The normalized spacial score (nSPS) is 15.1. The molecule has 34 heavy (non-hydrogen) atoms. The van der Waals surface area contributed by atoms with E-state index in [1.807, 2.05) is 6.92 Å². The molecule has 2 aliphatic rings. The van der Waals surface area contributed by atoms with Crippen molar-refractivity contribution in [3.8, 4) is 17.2 Å². The summed E-state index contributed by atoms with van der Waals surface area (Å²) in [5.41, 5.74) is 2.26. The number of pyridine rings is 1. The lowest BCUT2D eigenvalue weighted by Gasteiger charge is -2.23. The van der Waals surface area contributed by atoms with Crippen LogP contribution in [0.25, 0.3) is 11.5 Å². The zero-order valence-electron chi connectivity index (χ0n) is 19.5. The number of carbonyl (C=O) groups is 1. The Kier molecular flexibility index (Phi) is 9.75. The van der Waals surface area contributed by atoms with Crippen molar-refractivity contribution in [3.05, 3.63) is 41.7 Å². The molecule has 2 aliphatic carbocycles. The van der Waals surface area contributed by atoms with Gasteiger partial charge in [-0.05, 0) is 31.9 Å². The molecule has 5 rings (SSSR count). The van der Waals surface area contributed by atoms with Crippen LogP contribution in [0.4, 0.5) is 5.95 Å². The van der Waals surface area contributed by atoms with Gasteiger partial charge in [-0.3, -0.25) is 4.79 Å². The van der Waals surface area contributed by atoms with Crippen molar-refractivity contribution in [2.45, 2.75) is 77.2 Å². The Morgan fingerprint density at radius 1 is 1.06 bits per heavy atom. The van der Waals surface area contributed by atoms with E-state index in [1.54, 1.807) is 18.5 Å². The van der Waals surface area contributed by atoms with Crippen LogP contribution in [0.15, 0.2) is 29.2 Å². The minimum absolute atomic E-state index is 0.105. The second-order valence-electron chi connectivity index (χ2n) is 8.35. The van der Waals surface area contributed by atoms with E-state index in [1.165, 1.54) is 51.1 Å². The summed E-state index contributed by atoms with van der Waals surface area (Å²) < 4.78 is 5.41. The average Bonchev–Trinajstić information content (AvgIpc) is 3.20. The zero-order chi connectivity index (χ0) is 24.2. The van der Waals surface area contributed by atoms with Crippen molar-refractivity contribution in [2.24, 2.45) is 0 Å². The molecule has 0 saturated heterocycles. The Bertz CT molecular complexity index is 1010. The molecule has 2 saturated carbocycles. The van der Waals surface area contributed by atoms with Gasteiger partial charge in [0, 0.05) is 18.0 Å². The van der Waals surface area contributed by atoms with Gasteiger partial charge in [-0.25, -0.2) is 15.0 Å². The molecule has 182 valence electrons. The standard InChI is InChI=1S/C17H18N6O2.C6H12.CH2O2/c1-10-13(15(25-23-10)14-6-5-12(24)7-18-14)8-19-17-21-9-20-16(22-17)11-3-2-4-11;1-2-4-6-5-3-1;2-1-3/h5-7,9,11,24H,2-4,8H2,1H3,(H,19,20,21,22);1-6H2;1H,(H,2,3). The van der Waals surface area contributed by atoms with Gasteiger partial charge in [-0.1, -0.05) is 50.1 Å². The Labute approximate surface area is 198 Å². The SMILES string of the molecule is C1CCCCC1.Cc1noc(-c2ccc(O)cn2)c1CNc1ncnc(C2CCC2)n1.O=CO. The predicted molar refractivity (Wildman–Crippen MR) is 126 cm³/mol. The lowest BCUT2D eigenvalue weighted by molar-refractivity contribution is -0.122. The molecule has 3 aromatic rings. The first-order valence-electron chi connectivity index (χ1n) is 11.7. The van der Waals surface area contributed by atoms with Crippen molar-refractivity contribution in [2.75, 3.05) is 5.32 Å². The van der Waals surface area contributed by atoms with Crippen molar-refractivity contribution in [1.29, 1.82) is 0 Å². The van der Waals surface area contributed by atoms with E-state index < -0.39 is 0 Å². The summed E-state index contributed by atoms with van der Waals surface area (Å²) in [5.74, 6) is 2.53. The van der Waals surface area contributed by atoms with Crippen LogP contribution in [0.3, 0.4) is 0 Å². The van der Waals surface area contributed by atoms with E-state index in [9.17, 15) is 5.11 Å². The molecular weight excluding hydrogens is 436 g/mol. The van der Waals surface area contributed by atoms with E-state index in [2.05, 4.69) is 30.4 Å². The van der Waals surface area contributed by atoms with Crippen LogP contribution in [0, 0.1) is 6.92 Å². The average molecular weight is 469 g/mol. The third-order valence-electron chi connectivity index (χ3n) is 5.95. The van der Waals surface area contributed by atoms with Crippen molar-refractivity contribution < 1.29 is 19.5 Å². The summed E-state index contributed by atoms with van der Waals surface area (Å²) in [6.45, 7) is 2.08. The van der Waals surface area contributed by atoms with E-state index >= 15 is 0 Å². The van der Waals surface area contributed by atoms with Crippen LogP contribution >= 0.6 is 0 Å². The molecule has 0 aliphatic heterocycles. The van der Waals surface area contributed by atoms with Crippen LogP contribution in [-0.2, 0) is 11.3 Å². The molecule has 2 fully saturated rings. The molecule has 10 nitrogen and oxygen atoms in total. The van der Waals surface area contributed by atoms with Gasteiger partial charge in [0.05, 0.1) is 11.9 Å². The molecule has 10 heteroatoms. The minimum Gasteiger partial charge on any atom is -0.506 e. The van der Waals surface area contributed by atoms with Gasteiger partial charge in [0.15, 0.2) is 5.76 Å². The summed E-state index contributed by atoms with van der Waals surface area (Å²) in [6.07, 6.45) is 15.4. The highest BCUT2D eigenvalue weighted by Gasteiger charge is 2.23. The van der Waals surface area contributed by atoms with Crippen LogP contribution < -0.4 is 5.32 Å². The van der Waals surface area contributed by atoms with Gasteiger partial charge in [-0.2, -0.15) is 4.98 Å². The van der Waals surface area contributed by atoms with Crippen LogP contribution in [0.2, 0.25) is 0 Å². The number of carboxylic acid groups (broad SMARTS) is 1. The fraction of sp³-hybridized carbons (Fsp3) is 0.500. The number of hydrogen-bond donors (Lipinski definition) is 3. The highest BCUT2D eigenvalue weighted by Crippen LogP contribution is 2.34. The maximum Gasteiger partial charge on any atom is 0.290 e. The smallest absolute Gasteiger partial charge is 0.290 e. The van der Waals surface area contributed by atoms with Gasteiger partial charge in [0.2, 0.25) is 5.95 Å². The molecule has 0 bridgehead atoms. The monoisotopic (exact) mass is 468 g/mol. The molecule has 0 radical (unpaired) electrons. The number of rotatable bonds is 5. The molecule has 0 aromatic carbocycles. The summed E-state index contributed by atoms with van der Waals surface area (Å²) in [5, 5.41) is 23.5. The number of hydrogen-bond acceptors (Lipinski definition) is 9. The topological polar surface area (TPSA) is 147 Å². The first-order chi connectivity index (χ1) is 16.6. The Hall–Kier alpha value is -3.56. The first-order valence-corrected chi connectivity index (χ1v) is 11.7. The van der Waals surface area contributed by atoms with Crippen LogP contribution in [0.1, 0.15) is 80.8 Å². The van der Waals surface area contributed by atoms with Crippen LogP contribution in [-0.4, -0.2) is 41.8 Å². The fourth-order valence-electron chi connectivity index (χ4n) is 3.80. The maximum absolute atomic E-state index is 9.38. The molecule has 0 unspecified atom stereocenters. The van der Waals surface area contributed by atoms with Crippen molar-refractivity contribution in [3.63, 3.8) is 0 Å². The van der Waals surface area contributed by atoms with E-state index in [0.717, 1.165) is 29.9 Å². The van der Waals surface area contributed by atoms with Gasteiger partial charge >= 0.3 is 0 Å². The number of nitrogens with one attached hydrogen (secondary N) is 1. The summed E-state index contributed by atoms with van der Waals surface area (Å²) in [4.78, 5) is 25.5. The number of anilines is 1. The molecular formula is C24H32N6O4. The van der Waals surface area contributed by atoms with Gasteiger partial charge in [-0.15, -0.1) is 0 Å². The predicted octanol–water partition coefficient (Wildman–Crippen LogP) is 4.86. The summed E-state index contributed by atoms with van der Waals surface area (Å²) in [7, 11) is 0. The molecule has 3 N–H and O–H groups in total. The third kappa shape index (κ3) is 7.23. The second kappa shape index (κ2) is 13.2. The Balaban J connectivity index is 0.000000305. The Morgan fingerprint density at radius 3 is 2.29 bits per heavy atom. The quantitative estimate of drug-likeness (QED) is 0.443. The largest absolute Gasteiger partial charge is 0.506 e. The van der Waals surface area contributed by atoms with E-state index in [-0.39, 0.29) is 12.2 Å². The number of aromatic nitrogens is 5. The molecule has 0 spiro atoms. The number of aromatic hydroxyl groups is 1. The molecule has 3 aromatic heterocycles. The van der Waals surface area contributed by atoms with Gasteiger partial charge < -0.3 is 20.1 Å². The van der Waals surface area contributed by atoms with Crippen molar-refractivity contribution >= 4 is 12.4 Å². The second-order valence-corrected chi connectivity index (χ2v) is 8.35. The van der Waals surface area contributed by atoms with Crippen molar-refractivity contribution in [1.82, 2.24) is 25.1 Å².